The number of anilines is 1. The summed E-state index contributed by atoms with van der Waals surface area (Å²) in [6.07, 6.45) is 4.76. The second-order valence-corrected chi connectivity index (χ2v) is 8.06. The third kappa shape index (κ3) is 3.14. The van der Waals surface area contributed by atoms with Gasteiger partial charge in [-0.05, 0) is 37.7 Å². The van der Waals surface area contributed by atoms with Crippen LogP contribution in [0.25, 0.3) is 0 Å². The van der Waals surface area contributed by atoms with Gasteiger partial charge >= 0.3 is 5.97 Å². The molecule has 1 aromatic heterocycles. The van der Waals surface area contributed by atoms with Crippen molar-refractivity contribution in [3.8, 4) is 6.07 Å². The number of rotatable bonds is 5. The number of amides is 1. The van der Waals surface area contributed by atoms with E-state index in [1.54, 1.807) is 6.92 Å². The monoisotopic (exact) mass is 374 g/mol. The van der Waals surface area contributed by atoms with Crippen molar-refractivity contribution in [2.75, 3.05) is 11.9 Å². The number of fused-ring (bicyclic) bond motifs is 1. The first-order chi connectivity index (χ1) is 12.4. The number of nitrogens with one attached hydrogen (secondary N) is 1. The third-order valence-electron chi connectivity index (χ3n) is 5.29. The van der Waals surface area contributed by atoms with E-state index in [4.69, 9.17) is 4.74 Å². The van der Waals surface area contributed by atoms with E-state index in [0.29, 0.717) is 40.6 Å². The van der Waals surface area contributed by atoms with Crippen LogP contribution in [-0.2, 0) is 16.0 Å². The number of esters is 1. The summed E-state index contributed by atoms with van der Waals surface area (Å²) < 4.78 is 5.12. The van der Waals surface area contributed by atoms with Gasteiger partial charge in [-0.1, -0.05) is 19.3 Å². The molecule has 0 aromatic carbocycles. The molecular weight excluding hydrogens is 352 g/mol. The van der Waals surface area contributed by atoms with E-state index in [1.807, 2.05) is 0 Å². The van der Waals surface area contributed by atoms with Gasteiger partial charge in [0.15, 0.2) is 5.78 Å². The van der Waals surface area contributed by atoms with Gasteiger partial charge in [-0.25, -0.2) is 4.79 Å². The minimum absolute atomic E-state index is 0.208. The van der Waals surface area contributed by atoms with Gasteiger partial charge in [-0.3, -0.25) is 9.59 Å². The van der Waals surface area contributed by atoms with Crippen molar-refractivity contribution in [2.45, 2.75) is 52.4 Å². The van der Waals surface area contributed by atoms with Crippen molar-refractivity contribution in [1.29, 1.82) is 5.26 Å². The number of carbonyl (C=O) groups is 3. The Kier molecular flexibility index (Phi) is 5.15. The highest BCUT2D eigenvalue weighted by Gasteiger charge is 2.47. The summed E-state index contributed by atoms with van der Waals surface area (Å²) in [7, 11) is 0. The lowest BCUT2D eigenvalue weighted by molar-refractivity contribution is -0.114. The third-order valence-corrected chi connectivity index (χ3v) is 6.44. The molecule has 1 atom stereocenters. The second kappa shape index (κ2) is 7.20. The lowest BCUT2D eigenvalue weighted by Gasteiger charge is -2.36. The highest BCUT2D eigenvalue weighted by Crippen LogP contribution is 2.48. The molecule has 0 aliphatic heterocycles. The maximum atomic E-state index is 13.2. The Hall–Kier alpha value is -2.20. The molecule has 138 valence electrons. The predicted molar refractivity (Wildman–Crippen MR) is 97.2 cm³/mol. The molecule has 3 rings (SSSR count). The van der Waals surface area contributed by atoms with Crippen LogP contribution in [0.2, 0.25) is 0 Å². The number of carbonyl (C=O) groups excluding carboxylic acids is 3. The van der Waals surface area contributed by atoms with Crippen LogP contribution in [0.3, 0.4) is 0 Å². The van der Waals surface area contributed by atoms with Crippen LogP contribution in [0.5, 0.6) is 0 Å². The summed E-state index contributed by atoms with van der Waals surface area (Å²) in [6, 6.07) is 2.28. The van der Waals surface area contributed by atoms with Crippen molar-refractivity contribution in [3.63, 3.8) is 0 Å². The fourth-order valence-corrected chi connectivity index (χ4v) is 5.08. The quantitative estimate of drug-likeness (QED) is 0.793. The Morgan fingerprint density at radius 2 is 2.15 bits per heavy atom. The SMILES string of the molecule is CCOC(=O)c1c(NC(C)=O)sc2c1CCC(C#N)(CC1CCC1)C2=O. The molecule has 2 aliphatic rings. The summed E-state index contributed by atoms with van der Waals surface area (Å²) in [5.41, 5.74) is -0.130. The first-order valence-electron chi connectivity index (χ1n) is 8.98. The minimum atomic E-state index is -1.01. The molecule has 0 saturated heterocycles. The Morgan fingerprint density at radius 1 is 1.42 bits per heavy atom. The maximum Gasteiger partial charge on any atom is 0.341 e. The first-order valence-corrected chi connectivity index (χ1v) is 9.80. The van der Waals surface area contributed by atoms with Crippen LogP contribution < -0.4 is 5.32 Å². The molecule has 1 N–H and O–H groups in total. The Balaban J connectivity index is 2.01. The van der Waals surface area contributed by atoms with E-state index < -0.39 is 11.4 Å². The molecule has 0 radical (unpaired) electrons. The molecular formula is C19H22N2O4S. The molecule has 2 aliphatic carbocycles. The summed E-state index contributed by atoms with van der Waals surface area (Å²) >= 11 is 1.09. The number of hydrogen-bond donors (Lipinski definition) is 1. The van der Waals surface area contributed by atoms with Crippen molar-refractivity contribution < 1.29 is 19.1 Å². The Morgan fingerprint density at radius 3 is 2.69 bits per heavy atom. The van der Waals surface area contributed by atoms with Crippen molar-refractivity contribution in [3.05, 3.63) is 16.0 Å². The molecule has 6 nitrogen and oxygen atoms in total. The van der Waals surface area contributed by atoms with E-state index in [9.17, 15) is 19.6 Å². The molecule has 1 unspecified atom stereocenters. The maximum absolute atomic E-state index is 13.2. The van der Waals surface area contributed by atoms with Gasteiger partial charge in [-0.15, -0.1) is 11.3 Å². The van der Waals surface area contributed by atoms with Crippen molar-refractivity contribution >= 4 is 34.0 Å². The van der Waals surface area contributed by atoms with Crippen LogP contribution >= 0.6 is 11.3 Å². The lowest BCUT2D eigenvalue weighted by Crippen LogP contribution is -2.37. The van der Waals surface area contributed by atoms with Gasteiger partial charge in [0.1, 0.15) is 10.4 Å². The van der Waals surface area contributed by atoms with Crippen LogP contribution in [-0.4, -0.2) is 24.3 Å². The second-order valence-electron chi connectivity index (χ2n) is 7.04. The molecule has 1 fully saturated rings. The number of nitriles is 1. The van der Waals surface area contributed by atoms with Gasteiger partial charge in [0, 0.05) is 6.92 Å². The lowest BCUT2D eigenvalue weighted by atomic mass is 9.65. The average molecular weight is 374 g/mol. The van der Waals surface area contributed by atoms with Crippen molar-refractivity contribution in [1.82, 2.24) is 0 Å². The summed E-state index contributed by atoms with van der Waals surface area (Å²) in [4.78, 5) is 37.6. The molecule has 1 heterocycles. The number of ether oxygens (including phenoxy) is 1. The number of ketones is 1. The van der Waals surface area contributed by atoms with Crippen molar-refractivity contribution in [2.24, 2.45) is 11.3 Å². The number of hydrogen-bond acceptors (Lipinski definition) is 6. The van der Waals surface area contributed by atoms with Crippen LogP contribution in [0.15, 0.2) is 0 Å². The van der Waals surface area contributed by atoms with Gasteiger partial charge in [0.25, 0.3) is 0 Å². The Bertz CT molecular complexity index is 803. The van der Waals surface area contributed by atoms with E-state index in [1.165, 1.54) is 6.92 Å². The topological polar surface area (TPSA) is 96.3 Å². The molecule has 7 heteroatoms. The fourth-order valence-electron chi connectivity index (χ4n) is 3.76. The summed E-state index contributed by atoms with van der Waals surface area (Å²) in [5.74, 6) is -0.632. The number of thiophene rings is 1. The summed E-state index contributed by atoms with van der Waals surface area (Å²) in [6.45, 7) is 3.27. The zero-order valence-corrected chi connectivity index (χ0v) is 15.8. The van der Waals surface area contributed by atoms with E-state index >= 15 is 0 Å². The van der Waals surface area contributed by atoms with Crippen LogP contribution in [0, 0.1) is 22.7 Å². The highest BCUT2D eigenvalue weighted by molar-refractivity contribution is 7.19. The van der Waals surface area contributed by atoms with E-state index in [-0.39, 0.29) is 23.9 Å². The first kappa shape index (κ1) is 18.6. The van der Waals surface area contributed by atoms with Gasteiger partial charge < -0.3 is 10.1 Å². The van der Waals surface area contributed by atoms with Gasteiger partial charge in [-0.2, -0.15) is 5.26 Å². The zero-order chi connectivity index (χ0) is 18.9. The molecule has 1 saturated carbocycles. The normalized spacial score (nSPS) is 22.1. The molecule has 0 spiro atoms. The van der Waals surface area contributed by atoms with Gasteiger partial charge in [0.05, 0.1) is 23.1 Å². The minimum Gasteiger partial charge on any atom is -0.462 e. The standard InChI is InChI=1S/C19H22N2O4S/c1-3-25-18(24)14-13-7-8-19(10-20,9-12-5-4-6-12)16(23)15(13)26-17(14)21-11(2)22/h12H,3-9H2,1-2H3,(H,21,22). The smallest absolute Gasteiger partial charge is 0.341 e. The fraction of sp³-hybridized carbons (Fsp3) is 0.579. The Labute approximate surface area is 156 Å². The van der Waals surface area contributed by atoms with E-state index in [2.05, 4.69) is 11.4 Å². The van der Waals surface area contributed by atoms with Crippen LogP contribution in [0.1, 0.15) is 71.5 Å². The average Bonchev–Trinajstić information content (AvgIpc) is 2.91. The highest BCUT2D eigenvalue weighted by atomic mass is 32.1. The largest absolute Gasteiger partial charge is 0.462 e. The number of nitrogens with zero attached hydrogens (tertiary/aromatic N) is 1. The van der Waals surface area contributed by atoms with Crippen LogP contribution in [0.4, 0.5) is 5.00 Å². The summed E-state index contributed by atoms with van der Waals surface area (Å²) in [5, 5.41) is 12.8. The number of Topliss-reactive ketones (excluding diaryl/α,β-unsaturated/α-hetero) is 1. The molecule has 1 amide bonds. The van der Waals surface area contributed by atoms with E-state index in [0.717, 1.165) is 30.6 Å². The molecule has 26 heavy (non-hydrogen) atoms. The predicted octanol–water partition coefficient (Wildman–Crippen LogP) is 3.71. The van der Waals surface area contributed by atoms with Gasteiger partial charge in [0.2, 0.25) is 5.91 Å². The zero-order valence-electron chi connectivity index (χ0n) is 15.0. The molecule has 1 aromatic rings. The molecule has 0 bridgehead atoms.